The van der Waals surface area contributed by atoms with Gasteiger partial charge >= 0.3 is 6.03 Å². The second-order valence-electron chi connectivity index (χ2n) is 6.23. The first-order chi connectivity index (χ1) is 9.91. The van der Waals surface area contributed by atoms with Gasteiger partial charge in [0, 0.05) is 49.4 Å². The zero-order valence-electron chi connectivity index (χ0n) is 12.6. The highest BCUT2D eigenvalue weighted by Gasteiger charge is 2.30. The molecule has 118 valence electrons. The van der Waals surface area contributed by atoms with Crippen LogP contribution in [0.25, 0.3) is 0 Å². The molecule has 5 nitrogen and oxygen atoms in total. The number of rotatable bonds is 5. The maximum Gasteiger partial charge on any atom is 0.314 e. The predicted molar refractivity (Wildman–Crippen MR) is 83.7 cm³/mol. The molecule has 0 radical (unpaired) electrons. The number of nitrogens with one attached hydrogen (secondary N) is 2. The Balaban J connectivity index is 1.75. The highest BCUT2D eigenvalue weighted by atomic mass is 32.1. The van der Waals surface area contributed by atoms with Crippen LogP contribution in [0.3, 0.4) is 0 Å². The molecule has 3 N–H and O–H groups in total. The molecule has 1 fully saturated rings. The van der Waals surface area contributed by atoms with Crippen molar-refractivity contribution >= 4 is 17.4 Å². The largest absolute Gasteiger partial charge is 0.388 e. The number of carbonyl (C=O) groups is 1. The lowest BCUT2D eigenvalue weighted by Crippen LogP contribution is -2.50. The van der Waals surface area contributed by atoms with E-state index in [9.17, 15) is 9.90 Å². The summed E-state index contributed by atoms with van der Waals surface area (Å²) in [6.45, 7) is 6.12. The van der Waals surface area contributed by atoms with Gasteiger partial charge < -0.3 is 20.5 Å². The maximum absolute atomic E-state index is 11.9. The van der Waals surface area contributed by atoms with Gasteiger partial charge in [0.15, 0.2) is 0 Å². The fraction of sp³-hybridized carbons (Fsp3) is 0.667. The van der Waals surface area contributed by atoms with E-state index in [1.54, 1.807) is 11.3 Å². The SMILES string of the molecule is CC(C)(CNC(=O)NCC1(O)CCOCC1)c1cccs1. The van der Waals surface area contributed by atoms with E-state index >= 15 is 0 Å². The van der Waals surface area contributed by atoms with Gasteiger partial charge in [0.1, 0.15) is 0 Å². The number of carbonyl (C=O) groups excluding carboxylic acids is 1. The lowest BCUT2D eigenvalue weighted by atomic mass is 9.91. The van der Waals surface area contributed by atoms with E-state index < -0.39 is 5.60 Å². The van der Waals surface area contributed by atoms with Crippen molar-refractivity contribution in [1.82, 2.24) is 10.6 Å². The lowest BCUT2D eigenvalue weighted by Gasteiger charge is -2.32. The average Bonchev–Trinajstić information content (AvgIpc) is 2.99. The van der Waals surface area contributed by atoms with Crippen molar-refractivity contribution in [2.24, 2.45) is 0 Å². The summed E-state index contributed by atoms with van der Waals surface area (Å²) in [6, 6.07) is 3.86. The van der Waals surface area contributed by atoms with Crippen LogP contribution in [-0.4, -0.2) is 43.0 Å². The zero-order chi connectivity index (χ0) is 15.3. The van der Waals surface area contributed by atoms with Crippen LogP contribution in [0.2, 0.25) is 0 Å². The van der Waals surface area contributed by atoms with Gasteiger partial charge in [0.05, 0.1) is 5.60 Å². The molecule has 1 saturated heterocycles. The van der Waals surface area contributed by atoms with Crippen LogP contribution < -0.4 is 10.6 Å². The van der Waals surface area contributed by atoms with E-state index in [-0.39, 0.29) is 18.0 Å². The average molecular weight is 312 g/mol. The third-order valence-corrected chi connectivity index (χ3v) is 5.12. The molecular weight excluding hydrogens is 288 g/mol. The van der Waals surface area contributed by atoms with Crippen LogP contribution in [0.5, 0.6) is 0 Å². The summed E-state index contributed by atoms with van der Waals surface area (Å²) in [7, 11) is 0. The number of urea groups is 1. The molecule has 21 heavy (non-hydrogen) atoms. The molecule has 6 heteroatoms. The third-order valence-electron chi connectivity index (χ3n) is 3.88. The molecule has 1 aromatic rings. The normalized spacial score (nSPS) is 18.2. The minimum Gasteiger partial charge on any atom is -0.388 e. The van der Waals surface area contributed by atoms with Crippen molar-refractivity contribution in [2.45, 2.75) is 37.7 Å². The quantitative estimate of drug-likeness (QED) is 0.777. The summed E-state index contributed by atoms with van der Waals surface area (Å²) in [5.41, 5.74) is -0.931. The van der Waals surface area contributed by atoms with Crippen molar-refractivity contribution in [3.05, 3.63) is 22.4 Å². The molecule has 0 spiro atoms. The molecule has 0 bridgehead atoms. The molecule has 0 aliphatic carbocycles. The van der Waals surface area contributed by atoms with Crippen LogP contribution >= 0.6 is 11.3 Å². The number of aliphatic hydroxyl groups is 1. The van der Waals surface area contributed by atoms with E-state index in [0.717, 1.165) is 0 Å². The first-order valence-corrected chi connectivity index (χ1v) is 8.15. The summed E-state index contributed by atoms with van der Waals surface area (Å²) in [5.74, 6) is 0. The van der Waals surface area contributed by atoms with Crippen LogP contribution in [0.4, 0.5) is 4.79 Å². The van der Waals surface area contributed by atoms with E-state index in [4.69, 9.17) is 4.74 Å². The fourth-order valence-electron chi connectivity index (χ4n) is 2.29. The zero-order valence-corrected chi connectivity index (χ0v) is 13.5. The Kier molecular flexibility index (Phi) is 5.24. The first-order valence-electron chi connectivity index (χ1n) is 7.27. The monoisotopic (exact) mass is 312 g/mol. The summed E-state index contributed by atoms with van der Waals surface area (Å²) in [5, 5.41) is 18.0. The molecule has 0 atom stereocenters. The second kappa shape index (κ2) is 6.77. The summed E-state index contributed by atoms with van der Waals surface area (Å²) in [4.78, 5) is 13.1. The van der Waals surface area contributed by atoms with Gasteiger partial charge in [-0.25, -0.2) is 4.79 Å². The van der Waals surface area contributed by atoms with Crippen molar-refractivity contribution in [3.63, 3.8) is 0 Å². The first kappa shape index (κ1) is 16.3. The van der Waals surface area contributed by atoms with Gasteiger partial charge in [-0.05, 0) is 11.4 Å². The van der Waals surface area contributed by atoms with Gasteiger partial charge in [-0.2, -0.15) is 0 Å². The summed E-state index contributed by atoms with van der Waals surface area (Å²) < 4.78 is 5.22. The Labute approximate surface area is 129 Å². The van der Waals surface area contributed by atoms with Gasteiger partial charge in [-0.15, -0.1) is 11.3 Å². The Hall–Kier alpha value is -1.11. The molecule has 0 unspecified atom stereocenters. The molecule has 2 amide bonds. The van der Waals surface area contributed by atoms with E-state index in [1.165, 1.54) is 4.88 Å². The standard InChI is InChI=1S/C15H24N2O3S/c1-14(2,12-4-3-9-21-12)10-16-13(18)17-11-15(19)5-7-20-8-6-15/h3-4,9,19H,5-8,10-11H2,1-2H3,(H2,16,17,18). The fourth-order valence-corrected chi connectivity index (χ4v) is 3.14. The van der Waals surface area contributed by atoms with Gasteiger partial charge in [0.2, 0.25) is 0 Å². The smallest absolute Gasteiger partial charge is 0.314 e. The Morgan fingerprint density at radius 2 is 2.14 bits per heavy atom. The lowest BCUT2D eigenvalue weighted by molar-refractivity contribution is -0.0600. The minimum atomic E-state index is -0.834. The second-order valence-corrected chi connectivity index (χ2v) is 7.18. The molecule has 1 aromatic heterocycles. The Morgan fingerprint density at radius 3 is 2.76 bits per heavy atom. The number of thiophene rings is 1. The number of amides is 2. The topological polar surface area (TPSA) is 70.6 Å². The van der Waals surface area contributed by atoms with Crippen LogP contribution in [0.1, 0.15) is 31.6 Å². The molecule has 1 aliphatic rings. The Morgan fingerprint density at radius 1 is 1.43 bits per heavy atom. The molecule has 1 aliphatic heterocycles. The van der Waals surface area contributed by atoms with E-state index in [0.29, 0.717) is 32.6 Å². The molecule has 0 aromatic carbocycles. The minimum absolute atomic E-state index is 0.0961. The van der Waals surface area contributed by atoms with Crippen molar-refractivity contribution in [2.75, 3.05) is 26.3 Å². The Bertz CT molecular complexity index is 453. The van der Waals surface area contributed by atoms with Gasteiger partial charge in [-0.3, -0.25) is 0 Å². The summed E-state index contributed by atoms with van der Waals surface area (Å²) >= 11 is 1.69. The maximum atomic E-state index is 11.9. The van der Waals surface area contributed by atoms with Crippen molar-refractivity contribution < 1.29 is 14.6 Å². The van der Waals surface area contributed by atoms with Crippen molar-refractivity contribution in [3.8, 4) is 0 Å². The van der Waals surface area contributed by atoms with E-state index in [2.05, 4.69) is 30.5 Å². The van der Waals surface area contributed by atoms with Crippen molar-refractivity contribution in [1.29, 1.82) is 0 Å². The molecule has 0 saturated carbocycles. The number of hydrogen-bond acceptors (Lipinski definition) is 4. The predicted octanol–water partition coefficient (Wildman–Crippen LogP) is 1.87. The number of hydrogen-bond donors (Lipinski definition) is 3. The molecule has 2 heterocycles. The van der Waals surface area contributed by atoms with Crippen LogP contribution in [0.15, 0.2) is 17.5 Å². The van der Waals surface area contributed by atoms with Gasteiger partial charge in [0.25, 0.3) is 0 Å². The highest BCUT2D eigenvalue weighted by molar-refractivity contribution is 7.10. The third kappa shape index (κ3) is 4.69. The van der Waals surface area contributed by atoms with Crippen LogP contribution in [-0.2, 0) is 10.2 Å². The highest BCUT2D eigenvalue weighted by Crippen LogP contribution is 2.26. The van der Waals surface area contributed by atoms with E-state index in [1.807, 2.05) is 11.4 Å². The molecule has 2 rings (SSSR count). The summed E-state index contributed by atoms with van der Waals surface area (Å²) in [6.07, 6.45) is 1.13. The number of ether oxygens (including phenoxy) is 1. The van der Waals surface area contributed by atoms with Gasteiger partial charge in [-0.1, -0.05) is 19.9 Å². The molecular formula is C15H24N2O3S. The van der Waals surface area contributed by atoms with Crippen LogP contribution in [0, 0.1) is 0 Å².